The van der Waals surface area contributed by atoms with E-state index in [1.54, 1.807) is 11.3 Å². The van der Waals surface area contributed by atoms with E-state index in [-0.39, 0.29) is 6.04 Å². The smallest absolute Gasteiger partial charge is 0.0898 e. The number of aromatic nitrogens is 1. The van der Waals surface area contributed by atoms with Crippen LogP contribution in [0, 0.1) is 6.92 Å². The lowest BCUT2D eigenvalue weighted by atomic mass is 10.0. The number of hydrogen-bond acceptors (Lipinski definition) is 3. The second-order valence-electron chi connectivity index (χ2n) is 4.26. The maximum absolute atomic E-state index is 6.20. The maximum Gasteiger partial charge on any atom is 0.0898 e. The molecule has 0 spiro atoms. The molecule has 2 nitrogen and oxygen atoms in total. The zero-order valence-electron chi connectivity index (χ0n) is 10.3. The first kappa shape index (κ1) is 12.3. The lowest BCUT2D eigenvalue weighted by Gasteiger charge is -2.10. The molecule has 0 radical (unpaired) electrons. The molecule has 0 saturated heterocycles. The molecular weight excluding hydrogens is 228 g/mol. The average molecular weight is 246 g/mol. The van der Waals surface area contributed by atoms with Gasteiger partial charge >= 0.3 is 0 Å². The third-order valence-electron chi connectivity index (χ3n) is 2.83. The molecule has 0 fully saturated rings. The quantitative estimate of drug-likeness (QED) is 0.897. The van der Waals surface area contributed by atoms with E-state index in [0.717, 1.165) is 22.7 Å². The molecule has 17 heavy (non-hydrogen) atoms. The molecule has 0 amide bonds. The minimum atomic E-state index is -0.101. The van der Waals surface area contributed by atoms with Crippen LogP contribution in [-0.4, -0.2) is 4.98 Å². The predicted molar refractivity (Wildman–Crippen MR) is 73.3 cm³/mol. The molecule has 2 rings (SSSR count). The largest absolute Gasteiger partial charge is 0.319 e. The van der Waals surface area contributed by atoms with E-state index in [0.29, 0.717) is 0 Å². The maximum atomic E-state index is 6.20. The van der Waals surface area contributed by atoms with Gasteiger partial charge in [0.1, 0.15) is 0 Å². The van der Waals surface area contributed by atoms with Gasteiger partial charge in [-0.1, -0.05) is 37.6 Å². The van der Waals surface area contributed by atoms with E-state index in [2.05, 4.69) is 36.2 Å². The number of nitrogens with zero attached hydrogens (tertiary/aromatic N) is 1. The minimum Gasteiger partial charge on any atom is -0.319 e. The van der Waals surface area contributed by atoms with Gasteiger partial charge in [0.05, 0.1) is 16.7 Å². The number of benzene rings is 1. The molecular formula is C14H18N2S. The van der Waals surface area contributed by atoms with Crippen molar-refractivity contribution in [3.05, 3.63) is 51.5 Å². The Kier molecular flexibility index (Phi) is 3.92. The van der Waals surface area contributed by atoms with Crippen LogP contribution in [0.2, 0.25) is 0 Å². The lowest BCUT2D eigenvalue weighted by Crippen LogP contribution is -2.12. The number of rotatable bonds is 4. The van der Waals surface area contributed by atoms with Crippen molar-refractivity contribution in [1.29, 1.82) is 0 Å². The molecule has 0 saturated carbocycles. The summed E-state index contributed by atoms with van der Waals surface area (Å²) >= 11 is 1.65. The molecule has 2 N–H and O–H groups in total. The molecule has 1 atom stereocenters. The van der Waals surface area contributed by atoms with E-state index in [1.807, 2.05) is 12.3 Å². The van der Waals surface area contributed by atoms with Crippen LogP contribution in [0.3, 0.4) is 0 Å². The summed E-state index contributed by atoms with van der Waals surface area (Å²) in [5, 5.41) is 3.11. The van der Waals surface area contributed by atoms with Gasteiger partial charge in [0.15, 0.2) is 0 Å². The summed E-state index contributed by atoms with van der Waals surface area (Å²) in [6.07, 6.45) is 2.31. The minimum absolute atomic E-state index is 0.101. The van der Waals surface area contributed by atoms with E-state index in [9.17, 15) is 0 Å². The second-order valence-corrected chi connectivity index (χ2v) is 5.32. The zero-order chi connectivity index (χ0) is 12.3. The normalized spacial score (nSPS) is 12.6. The Morgan fingerprint density at radius 3 is 2.53 bits per heavy atom. The number of thiazole rings is 1. The van der Waals surface area contributed by atoms with Crippen LogP contribution < -0.4 is 5.73 Å². The van der Waals surface area contributed by atoms with Crippen molar-refractivity contribution >= 4 is 11.3 Å². The Hall–Kier alpha value is -1.19. The number of nitrogens with two attached hydrogens (primary N) is 1. The van der Waals surface area contributed by atoms with Gasteiger partial charge < -0.3 is 5.73 Å². The SMILES string of the molecule is CCCc1ccc(C(N)c2csc(C)n2)cc1. The average Bonchev–Trinajstić information content (AvgIpc) is 2.76. The number of hydrogen-bond donors (Lipinski definition) is 1. The second kappa shape index (κ2) is 5.43. The highest BCUT2D eigenvalue weighted by Crippen LogP contribution is 2.21. The van der Waals surface area contributed by atoms with Gasteiger partial charge in [-0.15, -0.1) is 11.3 Å². The fourth-order valence-electron chi connectivity index (χ4n) is 1.87. The van der Waals surface area contributed by atoms with Gasteiger partial charge in [-0.3, -0.25) is 0 Å². The first-order valence-corrected chi connectivity index (χ1v) is 6.85. The van der Waals surface area contributed by atoms with Crippen LogP contribution in [0.5, 0.6) is 0 Å². The summed E-state index contributed by atoms with van der Waals surface area (Å²) in [4.78, 5) is 4.44. The lowest BCUT2D eigenvalue weighted by molar-refractivity contribution is 0.831. The van der Waals surface area contributed by atoms with Crippen molar-refractivity contribution in [2.45, 2.75) is 32.7 Å². The van der Waals surface area contributed by atoms with Crippen LogP contribution in [0.15, 0.2) is 29.6 Å². The van der Waals surface area contributed by atoms with E-state index < -0.39 is 0 Å². The van der Waals surface area contributed by atoms with E-state index in [4.69, 9.17) is 5.73 Å². The molecule has 0 aliphatic heterocycles. The van der Waals surface area contributed by atoms with E-state index in [1.165, 1.54) is 12.0 Å². The van der Waals surface area contributed by atoms with Gasteiger partial charge in [-0.05, 0) is 24.5 Å². The van der Waals surface area contributed by atoms with Crippen molar-refractivity contribution in [3.63, 3.8) is 0 Å². The molecule has 0 aliphatic rings. The van der Waals surface area contributed by atoms with Gasteiger partial charge in [0, 0.05) is 5.38 Å². The van der Waals surface area contributed by atoms with Crippen LogP contribution in [0.25, 0.3) is 0 Å². The zero-order valence-corrected chi connectivity index (χ0v) is 11.1. The van der Waals surface area contributed by atoms with Crippen molar-refractivity contribution in [1.82, 2.24) is 4.98 Å². The molecule has 0 bridgehead atoms. The molecule has 1 aromatic heterocycles. The third-order valence-corrected chi connectivity index (χ3v) is 3.62. The Balaban J connectivity index is 2.16. The first-order chi connectivity index (χ1) is 8.20. The summed E-state index contributed by atoms with van der Waals surface area (Å²) < 4.78 is 0. The molecule has 3 heteroatoms. The summed E-state index contributed by atoms with van der Waals surface area (Å²) in [6, 6.07) is 8.46. The molecule has 2 aromatic rings. The topological polar surface area (TPSA) is 38.9 Å². The van der Waals surface area contributed by atoms with Crippen LogP contribution in [-0.2, 0) is 6.42 Å². The van der Waals surface area contributed by atoms with Crippen LogP contribution in [0.1, 0.15) is 41.2 Å². The van der Waals surface area contributed by atoms with Gasteiger partial charge in [0.2, 0.25) is 0 Å². The fraction of sp³-hybridized carbons (Fsp3) is 0.357. The monoisotopic (exact) mass is 246 g/mol. The number of aryl methyl sites for hydroxylation is 2. The first-order valence-electron chi connectivity index (χ1n) is 5.97. The van der Waals surface area contributed by atoms with Crippen molar-refractivity contribution in [3.8, 4) is 0 Å². The predicted octanol–water partition coefficient (Wildman–Crippen LogP) is 3.45. The highest BCUT2D eigenvalue weighted by atomic mass is 32.1. The Labute approximate surface area is 107 Å². The van der Waals surface area contributed by atoms with Crippen LogP contribution in [0.4, 0.5) is 0 Å². The van der Waals surface area contributed by atoms with E-state index >= 15 is 0 Å². The molecule has 1 unspecified atom stereocenters. The van der Waals surface area contributed by atoms with Gasteiger partial charge in [-0.2, -0.15) is 0 Å². The molecule has 1 aromatic carbocycles. The van der Waals surface area contributed by atoms with Crippen molar-refractivity contribution < 1.29 is 0 Å². The van der Waals surface area contributed by atoms with Crippen molar-refractivity contribution in [2.24, 2.45) is 5.73 Å². The summed E-state index contributed by atoms with van der Waals surface area (Å²) in [7, 11) is 0. The van der Waals surface area contributed by atoms with Gasteiger partial charge in [-0.25, -0.2) is 4.98 Å². The highest BCUT2D eigenvalue weighted by molar-refractivity contribution is 7.09. The van der Waals surface area contributed by atoms with Gasteiger partial charge in [0.25, 0.3) is 0 Å². The fourth-order valence-corrected chi connectivity index (χ4v) is 2.52. The Morgan fingerprint density at radius 2 is 2.00 bits per heavy atom. The van der Waals surface area contributed by atoms with Crippen molar-refractivity contribution in [2.75, 3.05) is 0 Å². The standard InChI is InChI=1S/C14H18N2S/c1-3-4-11-5-7-12(8-6-11)14(15)13-9-17-10(2)16-13/h5-9,14H,3-4,15H2,1-2H3. The third kappa shape index (κ3) is 2.93. The Morgan fingerprint density at radius 1 is 1.29 bits per heavy atom. The molecule has 0 aliphatic carbocycles. The van der Waals surface area contributed by atoms with Crippen LogP contribution >= 0.6 is 11.3 Å². The Bertz CT molecular complexity index is 473. The highest BCUT2D eigenvalue weighted by Gasteiger charge is 2.11. The summed E-state index contributed by atoms with van der Waals surface area (Å²) in [5.41, 5.74) is 9.67. The molecule has 1 heterocycles. The summed E-state index contributed by atoms with van der Waals surface area (Å²) in [5.74, 6) is 0. The summed E-state index contributed by atoms with van der Waals surface area (Å²) in [6.45, 7) is 4.20. The molecule has 90 valence electrons.